The third-order valence-electron chi connectivity index (χ3n) is 7.81. The quantitative estimate of drug-likeness (QED) is 0.0279. The number of nitrogens with two attached hydrogens (primary N) is 1. The SMILES string of the molecule is CC/C=C\C/C=C\C/C=C\C/C=C\CCC(=O)OC(COCCCCCCCCC/C=C\C/C=C\C/C=C\CCCCC)COP(=O)(O)OCCN. The molecule has 0 bridgehead atoms. The molecule has 0 aliphatic heterocycles. The van der Waals surface area contributed by atoms with Crippen molar-refractivity contribution in [2.24, 2.45) is 5.73 Å². The molecule has 298 valence electrons. The molecule has 0 heterocycles. The summed E-state index contributed by atoms with van der Waals surface area (Å²) < 4.78 is 33.2. The van der Waals surface area contributed by atoms with Crippen LogP contribution in [0.2, 0.25) is 0 Å². The second-order valence-electron chi connectivity index (χ2n) is 12.8. The van der Waals surface area contributed by atoms with Crippen molar-refractivity contribution < 1.29 is 32.8 Å². The topological polar surface area (TPSA) is 117 Å². The molecule has 0 radical (unpaired) electrons. The molecule has 2 atom stereocenters. The molecule has 3 N–H and O–H groups in total. The Morgan fingerprint density at radius 1 is 0.596 bits per heavy atom. The van der Waals surface area contributed by atoms with Gasteiger partial charge in [0.05, 0.1) is 19.8 Å². The van der Waals surface area contributed by atoms with E-state index in [1.165, 1.54) is 51.4 Å². The molecule has 2 unspecified atom stereocenters. The van der Waals surface area contributed by atoms with Crippen LogP contribution in [0, 0.1) is 0 Å². The molecule has 0 spiro atoms. The van der Waals surface area contributed by atoms with Crippen molar-refractivity contribution in [1.29, 1.82) is 0 Å². The van der Waals surface area contributed by atoms with Gasteiger partial charge in [-0.1, -0.05) is 144 Å². The number of esters is 1. The number of hydrogen-bond donors (Lipinski definition) is 2. The second-order valence-corrected chi connectivity index (χ2v) is 14.2. The first kappa shape index (κ1) is 49.7. The molecule has 0 fully saturated rings. The van der Waals surface area contributed by atoms with Gasteiger partial charge in [0.15, 0.2) is 0 Å². The summed E-state index contributed by atoms with van der Waals surface area (Å²) in [5.41, 5.74) is 5.35. The zero-order valence-electron chi connectivity index (χ0n) is 32.8. The van der Waals surface area contributed by atoms with Crippen LogP contribution in [0.15, 0.2) is 85.1 Å². The van der Waals surface area contributed by atoms with E-state index in [2.05, 4.69) is 86.8 Å². The van der Waals surface area contributed by atoms with Crippen LogP contribution in [0.1, 0.15) is 142 Å². The maximum atomic E-state index is 12.5. The Hall–Kier alpha value is -2.32. The first-order valence-electron chi connectivity index (χ1n) is 20.1. The molecule has 0 saturated carbocycles. The minimum Gasteiger partial charge on any atom is -0.457 e. The predicted octanol–water partition coefficient (Wildman–Crippen LogP) is 11.7. The van der Waals surface area contributed by atoms with Gasteiger partial charge in [-0.2, -0.15) is 0 Å². The number of phosphoric acid groups is 1. The minimum atomic E-state index is -4.30. The largest absolute Gasteiger partial charge is 0.472 e. The summed E-state index contributed by atoms with van der Waals surface area (Å²) in [6.45, 7) is 4.62. The van der Waals surface area contributed by atoms with Gasteiger partial charge in [0.25, 0.3) is 0 Å². The fourth-order valence-corrected chi connectivity index (χ4v) is 5.66. The molecule has 0 rings (SSSR count). The Balaban J connectivity index is 4.16. The van der Waals surface area contributed by atoms with Gasteiger partial charge in [-0.15, -0.1) is 0 Å². The van der Waals surface area contributed by atoms with Gasteiger partial charge < -0.3 is 20.1 Å². The van der Waals surface area contributed by atoms with Crippen LogP contribution in [-0.4, -0.2) is 49.9 Å². The molecule has 0 aromatic rings. The monoisotopic (exact) mass is 748 g/mol. The van der Waals surface area contributed by atoms with E-state index in [4.69, 9.17) is 24.3 Å². The summed E-state index contributed by atoms with van der Waals surface area (Å²) in [5.74, 6) is -0.418. The third-order valence-corrected chi connectivity index (χ3v) is 8.79. The molecule has 0 amide bonds. The number of phosphoric ester groups is 1. The molecule has 0 aliphatic rings. The minimum absolute atomic E-state index is 0.0755. The molecule has 0 aromatic heterocycles. The maximum absolute atomic E-state index is 12.5. The van der Waals surface area contributed by atoms with Gasteiger partial charge in [0.2, 0.25) is 0 Å². The predicted molar refractivity (Wildman–Crippen MR) is 219 cm³/mol. The molecular weight excluding hydrogens is 673 g/mol. The van der Waals surface area contributed by atoms with Crippen LogP contribution in [0.3, 0.4) is 0 Å². The zero-order chi connectivity index (χ0) is 38.1. The van der Waals surface area contributed by atoms with Gasteiger partial charge in [0, 0.05) is 19.6 Å². The van der Waals surface area contributed by atoms with E-state index in [0.29, 0.717) is 13.0 Å². The van der Waals surface area contributed by atoms with Gasteiger partial charge in [-0.25, -0.2) is 4.57 Å². The zero-order valence-corrected chi connectivity index (χ0v) is 33.7. The van der Waals surface area contributed by atoms with E-state index < -0.39 is 19.9 Å². The van der Waals surface area contributed by atoms with E-state index in [9.17, 15) is 14.3 Å². The van der Waals surface area contributed by atoms with Gasteiger partial charge >= 0.3 is 13.8 Å². The number of carbonyl (C=O) groups excluding carboxylic acids is 1. The lowest BCUT2D eigenvalue weighted by Crippen LogP contribution is -2.28. The van der Waals surface area contributed by atoms with Crippen molar-refractivity contribution in [3.63, 3.8) is 0 Å². The lowest BCUT2D eigenvalue weighted by Gasteiger charge is -2.20. The summed E-state index contributed by atoms with van der Waals surface area (Å²) in [6.07, 6.45) is 50.5. The fourth-order valence-electron chi connectivity index (χ4n) is 4.90. The number of hydrogen-bond acceptors (Lipinski definition) is 7. The average molecular weight is 748 g/mol. The Morgan fingerprint density at radius 3 is 1.62 bits per heavy atom. The summed E-state index contributed by atoms with van der Waals surface area (Å²) >= 11 is 0. The second kappa shape index (κ2) is 39.9. The van der Waals surface area contributed by atoms with Crippen LogP contribution in [0.5, 0.6) is 0 Å². The van der Waals surface area contributed by atoms with Crippen LogP contribution in [-0.2, 0) is 27.9 Å². The summed E-state index contributed by atoms with van der Waals surface area (Å²) in [5, 5.41) is 0. The van der Waals surface area contributed by atoms with Gasteiger partial charge in [-0.3, -0.25) is 13.8 Å². The van der Waals surface area contributed by atoms with Gasteiger partial charge in [0.1, 0.15) is 6.10 Å². The molecule has 0 aromatic carbocycles. The number of unbranched alkanes of at least 4 members (excludes halogenated alkanes) is 10. The molecule has 52 heavy (non-hydrogen) atoms. The standard InChI is InChI=1S/C43H74NO7P/c1-3-5-7-9-11-13-15-17-18-19-20-21-22-23-25-27-29-31-33-35-38-48-40-42(41-50-52(46,47)49-39-37-44)51-43(45)36-34-32-30-28-26-24-16-14-12-10-8-6-4-2/h6,8,11-14,17-18,20-21,24,26,30,32,42H,3-5,7,9-10,15-16,19,22-23,25,27-29,31,33-41,44H2,1-2H3,(H,46,47)/b8-6-,13-11-,14-12-,18-17-,21-20-,26-24-,32-30-. The van der Waals surface area contributed by atoms with Crippen LogP contribution < -0.4 is 5.73 Å². The first-order chi connectivity index (χ1) is 25.4. The Kier molecular flexibility index (Phi) is 38.1. The third kappa shape index (κ3) is 38.9. The molecule has 8 nitrogen and oxygen atoms in total. The normalized spacial score (nSPS) is 14.5. The van der Waals surface area contributed by atoms with E-state index >= 15 is 0 Å². The smallest absolute Gasteiger partial charge is 0.457 e. The van der Waals surface area contributed by atoms with Crippen LogP contribution in [0.4, 0.5) is 0 Å². The Bertz CT molecular complexity index is 1060. The highest BCUT2D eigenvalue weighted by molar-refractivity contribution is 7.47. The lowest BCUT2D eigenvalue weighted by atomic mass is 10.1. The van der Waals surface area contributed by atoms with Crippen LogP contribution in [0.25, 0.3) is 0 Å². The summed E-state index contributed by atoms with van der Waals surface area (Å²) in [6, 6.07) is 0. The molecule has 0 saturated heterocycles. The van der Waals surface area contributed by atoms with Crippen molar-refractivity contribution in [2.45, 2.75) is 148 Å². The highest BCUT2D eigenvalue weighted by Crippen LogP contribution is 2.43. The van der Waals surface area contributed by atoms with Crippen molar-refractivity contribution in [3.8, 4) is 0 Å². The first-order valence-corrected chi connectivity index (χ1v) is 21.6. The van der Waals surface area contributed by atoms with Crippen molar-refractivity contribution in [2.75, 3.05) is 33.0 Å². The fraction of sp³-hybridized carbons (Fsp3) is 0.651. The number of carbonyl (C=O) groups is 1. The van der Waals surface area contributed by atoms with E-state index in [-0.39, 0.29) is 32.8 Å². The molecule has 0 aliphatic carbocycles. The maximum Gasteiger partial charge on any atom is 0.472 e. The Labute approximate surface area is 318 Å². The lowest BCUT2D eigenvalue weighted by molar-refractivity contribution is -0.154. The number of ether oxygens (including phenoxy) is 2. The Morgan fingerprint density at radius 2 is 1.08 bits per heavy atom. The average Bonchev–Trinajstić information content (AvgIpc) is 3.13. The summed E-state index contributed by atoms with van der Waals surface area (Å²) in [4.78, 5) is 22.4. The highest BCUT2D eigenvalue weighted by Gasteiger charge is 2.25. The molecular formula is C43H74NO7P. The number of allylic oxidation sites excluding steroid dienone is 14. The molecule has 9 heteroatoms. The van der Waals surface area contributed by atoms with Crippen LogP contribution >= 0.6 is 7.82 Å². The number of rotatable bonds is 37. The van der Waals surface area contributed by atoms with Crippen molar-refractivity contribution in [3.05, 3.63) is 85.1 Å². The van der Waals surface area contributed by atoms with Crippen molar-refractivity contribution >= 4 is 13.8 Å². The van der Waals surface area contributed by atoms with E-state index in [0.717, 1.165) is 64.2 Å². The summed E-state index contributed by atoms with van der Waals surface area (Å²) in [7, 11) is -4.30. The van der Waals surface area contributed by atoms with E-state index in [1.807, 2.05) is 12.2 Å². The van der Waals surface area contributed by atoms with Crippen molar-refractivity contribution in [1.82, 2.24) is 0 Å². The van der Waals surface area contributed by atoms with Gasteiger partial charge in [-0.05, 0) is 77.0 Å². The van der Waals surface area contributed by atoms with E-state index in [1.54, 1.807) is 0 Å². The highest BCUT2D eigenvalue weighted by atomic mass is 31.2.